The number of hydrogen-bond donors (Lipinski definition) is 1. The van der Waals surface area contributed by atoms with Gasteiger partial charge in [0.05, 0.1) is 0 Å². The summed E-state index contributed by atoms with van der Waals surface area (Å²) in [6, 6.07) is 9.36. The average molecular weight is 330 g/mol. The molecule has 0 unspecified atom stereocenters. The minimum Gasteiger partial charge on any atom is -0.356 e. The molecule has 0 saturated carbocycles. The molecule has 0 aromatic heterocycles. The third-order valence-corrected chi connectivity index (χ3v) is 4.58. The molecule has 0 bridgehead atoms. The predicted octanol–water partition coefficient (Wildman–Crippen LogP) is 3.48. The summed E-state index contributed by atoms with van der Waals surface area (Å²) < 4.78 is 0. The molecule has 1 aliphatic heterocycles. The van der Waals surface area contributed by atoms with E-state index in [0.29, 0.717) is 18.5 Å². The van der Waals surface area contributed by atoms with Crippen molar-refractivity contribution in [1.82, 2.24) is 10.2 Å². The van der Waals surface area contributed by atoms with Crippen LogP contribution in [0.25, 0.3) is 0 Å². The van der Waals surface area contributed by atoms with Crippen LogP contribution in [0.4, 0.5) is 0 Å². The minimum absolute atomic E-state index is 0.0412. The lowest BCUT2D eigenvalue weighted by molar-refractivity contribution is -0.126. The number of amides is 2. The first kappa shape index (κ1) is 18.5. The monoisotopic (exact) mass is 330 g/mol. The Bertz CT molecular complexity index is 541. The van der Waals surface area contributed by atoms with Gasteiger partial charge in [-0.15, -0.1) is 0 Å². The summed E-state index contributed by atoms with van der Waals surface area (Å²) in [7, 11) is 0. The molecule has 1 aliphatic rings. The van der Waals surface area contributed by atoms with Crippen molar-refractivity contribution in [3.63, 3.8) is 0 Å². The van der Waals surface area contributed by atoms with Gasteiger partial charge in [0.15, 0.2) is 0 Å². The van der Waals surface area contributed by atoms with Crippen LogP contribution in [0.5, 0.6) is 0 Å². The molecule has 0 atom stereocenters. The van der Waals surface area contributed by atoms with Crippen LogP contribution in [-0.4, -0.2) is 36.3 Å². The van der Waals surface area contributed by atoms with Gasteiger partial charge in [-0.1, -0.05) is 39.0 Å². The number of benzene rings is 1. The van der Waals surface area contributed by atoms with E-state index < -0.39 is 0 Å². The lowest BCUT2D eigenvalue weighted by Crippen LogP contribution is -2.43. The van der Waals surface area contributed by atoms with Crippen molar-refractivity contribution >= 4 is 11.8 Å². The Kier molecular flexibility index (Phi) is 6.41. The average Bonchev–Trinajstić information content (AvgIpc) is 2.58. The first-order chi connectivity index (χ1) is 11.4. The Morgan fingerprint density at radius 2 is 1.75 bits per heavy atom. The number of nitrogens with one attached hydrogen (secondary N) is 1. The molecule has 1 N–H and O–H groups in total. The smallest absolute Gasteiger partial charge is 0.253 e. The Morgan fingerprint density at radius 1 is 1.12 bits per heavy atom. The molecular formula is C20H30N2O2. The maximum absolute atomic E-state index is 12.4. The van der Waals surface area contributed by atoms with E-state index in [-0.39, 0.29) is 17.7 Å². The molecule has 4 nitrogen and oxygen atoms in total. The SMILES string of the molecule is CC(C)(C)CCCNC(=O)C1CCN(C(=O)c2ccccc2)CC1. The first-order valence-electron chi connectivity index (χ1n) is 8.99. The largest absolute Gasteiger partial charge is 0.356 e. The number of carbonyl (C=O) groups is 2. The highest BCUT2D eigenvalue weighted by Crippen LogP contribution is 2.21. The number of piperidine rings is 1. The summed E-state index contributed by atoms with van der Waals surface area (Å²) in [4.78, 5) is 26.5. The number of rotatable bonds is 5. The second-order valence-electron chi connectivity index (χ2n) is 7.89. The fourth-order valence-electron chi connectivity index (χ4n) is 3.08. The number of nitrogens with zero attached hydrogens (tertiary/aromatic N) is 1. The highest BCUT2D eigenvalue weighted by molar-refractivity contribution is 5.94. The van der Waals surface area contributed by atoms with Crippen molar-refractivity contribution in [1.29, 1.82) is 0 Å². The molecule has 1 fully saturated rings. The molecule has 24 heavy (non-hydrogen) atoms. The highest BCUT2D eigenvalue weighted by Gasteiger charge is 2.27. The molecule has 0 aliphatic carbocycles. The van der Waals surface area contributed by atoms with Crippen molar-refractivity contribution in [2.45, 2.75) is 46.5 Å². The Hall–Kier alpha value is -1.84. The minimum atomic E-state index is 0.0412. The normalized spacial score (nSPS) is 16.0. The zero-order valence-corrected chi connectivity index (χ0v) is 15.2. The Morgan fingerprint density at radius 3 is 2.33 bits per heavy atom. The summed E-state index contributed by atoms with van der Waals surface area (Å²) in [6.45, 7) is 8.72. The van der Waals surface area contributed by atoms with Crippen LogP contribution in [-0.2, 0) is 4.79 Å². The van der Waals surface area contributed by atoms with E-state index in [1.54, 1.807) is 0 Å². The van der Waals surface area contributed by atoms with Crippen molar-refractivity contribution in [2.24, 2.45) is 11.3 Å². The molecule has 1 saturated heterocycles. The van der Waals surface area contributed by atoms with Crippen molar-refractivity contribution in [2.75, 3.05) is 19.6 Å². The lowest BCUT2D eigenvalue weighted by Gasteiger charge is -2.31. The molecule has 1 heterocycles. The van der Waals surface area contributed by atoms with Crippen LogP contribution < -0.4 is 5.32 Å². The summed E-state index contributed by atoms with van der Waals surface area (Å²) in [5.74, 6) is 0.259. The molecule has 2 amide bonds. The van der Waals surface area contributed by atoms with Crippen LogP contribution in [0, 0.1) is 11.3 Å². The summed E-state index contributed by atoms with van der Waals surface area (Å²) >= 11 is 0. The van der Waals surface area contributed by atoms with Gasteiger partial charge in [0.2, 0.25) is 5.91 Å². The Balaban J connectivity index is 1.72. The summed E-state index contributed by atoms with van der Waals surface area (Å²) in [5.41, 5.74) is 1.04. The quantitative estimate of drug-likeness (QED) is 0.840. The van der Waals surface area contributed by atoms with Gasteiger partial charge in [0.1, 0.15) is 0 Å². The van der Waals surface area contributed by atoms with E-state index in [1.165, 1.54) is 0 Å². The van der Waals surface area contributed by atoms with Crippen LogP contribution >= 0.6 is 0 Å². The van der Waals surface area contributed by atoms with E-state index >= 15 is 0 Å². The third-order valence-electron chi connectivity index (χ3n) is 4.58. The molecular weight excluding hydrogens is 300 g/mol. The van der Waals surface area contributed by atoms with Gasteiger partial charge in [0, 0.05) is 31.1 Å². The van der Waals surface area contributed by atoms with Gasteiger partial charge < -0.3 is 10.2 Å². The van der Waals surface area contributed by atoms with Crippen molar-refractivity contribution < 1.29 is 9.59 Å². The first-order valence-corrected chi connectivity index (χ1v) is 8.99. The van der Waals surface area contributed by atoms with Gasteiger partial charge in [0.25, 0.3) is 5.91 Å². The van der Waals surface area contributed by atoms with Gasteiger partial charge >= 0.3 is 0 Å². The number of carbonyl (C=O) groups excluding carboxylic acids is 2. The van der Waals surface area contributed by atoms with Gasteiger partial charge in [-0.05, 0) is 43.2 Å². The standard InChI is InChI=1S/C20H30N2O2/c1-20(2,3)12-7-13-21-18(23)16-10-14-22(15-11-16)19(24)17-8-5-4-6-9-17/h4-6,8-9,16H,7,10-15H2,1-3H3,(H,21,23). The number of likely N-dealkylation sites (tertiary alicyclic amines) is 1. The second kappa shape index (κ2) is 8.32. The number of hydrogen-bond acceptors (Lipinski definition) is 2. The van der Waals surface area contributed by atoms with Crippen LogP contribution in [0.3, 0.4) is 0 Å². The molecule has 1 aromatic rings. The van der Waals surface area contributed by atoms with E-state index in [2.05, 4.69) is 26.1 Å². The molecule has 1 aromatic carbocycles. The van der Waals surface area contributed by atoms with E-state index in [1.807, 2.05) is 35.2 Å². The van der Waals surface area contributed by atoms with Gasteiger partial charge in [-0.2, -0.15) is 0 Å². The van der Waals surface area contributed by atoms with E-state index in [0.717, 1.165) is 37.8 Å². The zero-order valence-electron chi connectivity index (χ0n) is 15.2. The van der Waals surface area contributed by atoms with Gasteiger partial charge in [-0.3, -0.25) is 9.59 Å². The molecule has 2 rings (SSSR count). The second-order valence-corrected chi connectivity index (χ2v) is 7.89. The molecule has 0 radical (unpaired) electrons. The van der Waals surface area contributed by atoms with Gasteiger partial charge in [-0.25, -0.2) is 0 Å². The van der Waals surface area contributed by atoms with Crippen molar-refractivity contribution in [3.05, 3.63) is 35.9 Å². The summed E-state index contributed by atoms with van der Waals surface area (Å²) in [6.07, 6.45) is 3.63. The maximum atomic E-state index is 12.4. The van der Waals surface area contributed by atoms with Crippen LogP contribution in [0.2, 0.25) is 0 Å². The highest BCUT2D eigenvalue weighted by atomic mass is 16.2. The van der Waals surface area contributed by atoms with E-state index in [9.17, 15) is 9.59 Å². The molecule has 132 valence electrons. The van der Waals surface area contributed by atoms with Crippen molar-refractivity contribution in [3.8, 4) is 0 Å². The maximum Gasteiger partial charge on any atom is 0.253 e. The lowest BCUT2D eigenvalue weighted by atomic mass is 9.90. The Labute approximate surface area is 145 Å². The van der Waals surface area contributed by atoms with Crippen LogP contribution in [0.1, 0.15) is 56.8 Å². The van der Waals surface area contributed by atoms with E-state index in [4.69, 9.17) is 0 Å². The summed E-state index contributed by atoms with van der Waals surface area (Å²) in [5, 5.41) is 3.06. The zero-order chi connectivity index (χ0) is 17.6. The molecule has 4 heteroatoms. The predicted molar refractivity (Wildman–Crippen MR) is 96.8 cm³/mol. The third kappa shape index (κ3) is 5.66. The molecule has 0 spiro atoms. The fraction of sp³-hybridized carbons (Fsp3) is 0.600. The van der Waals surface area contributed by atoms with Crippen LogP contribution in [0.15, 0.2) is 30.3 Å². The fourth-order valence-corrected chi connectivity index (χ4v) is 3.08. The topological polar surface area (TPSA) is 49.4 Å².